The molecule has 2 heterocycles. The first-order valence-corrected chi connectivity index (χ1v) is 4.80. The van der Waals surface area contributed by atoms with Crippen LogP contribution in [0, 0.1) is 0 Å². The molecule has 0 amide bonds. The lowest BCUT2D eigenvalue weighted by molar-refractivity contribution is 0.375. The lowest BCUT2D eigenvalue weighted by atomic mass is 10.2. The molecule has 0 aromatic carbocycles. The summed E-state index contributed by atoms with van der Waals surface area (Å²) in [5, 5.41) is 3.81. The maximum atomic E-state index is 5.94. The molecule has 5 nitrogen and oxygen atoms in total. The van der Waals surface area contributed by atoms with E-state index in [1.54, 1.807) is 6.20 Å². The predicted molar refractivity (Wildman–Crippen MR) is 53.9 cm³/mol. The Hall–Kier alpha value is -1.75. The van der Waals surface area contributed by atoms with Crippen LogP contribution in [0.5, 0.6) is 0 Å². The molecule has 0 aliphatic carbocycles. The van der Waals surface area contributed by atoms with Crippen molar-refractivity contribution in [2.45, 2.75) is 19.4 Å². The first-order valence-electron chi connectivity index (χ1n) is 4.80. The van der Waals surface area contributed by atoms with Gasteiger partial charge in [0.1, 0.15) is 6.04 Å². The van der Waals surface area contributed by atoms with E-state index in [9.17, 15) is 0 Å². The Balaban J connectivity index is 2.24. The standard InChI is InChI=1S/C10H12N4O/c1-2-8-13-10(14-15-8)9(11)7-5-3-4-6-12-7/h3-6,9H,2,11H2,1H3/t9-/m1/s1. The van der Waals surface area contributed by atoms with Gasteiger partial charge in [0, 0.05) is 12.6 Å². The van der Waals surface area contributed by atoms with Gasteiger partial charge in [0.2, 0.25) is 5.89 Å². The molecule has 2 rings (SSSR count). The quantitative estimate of drug-likeness (QED) is 0.809. The minimum absolute atomic E-state index is 0.421. The van der Waals surface area contributed by atoms with E-state index in [1.165, 1.54) is 0 Å². The Morgan fingerprint density at radius 1 is 1.47 bits per heavy atom. The molecule has 0 aliphatic rings. The Morgan fingerprint density at radius 3 is 2.93 bits per heavy atom. The SMILES string of the molecule is CCc1nc([C@H](N)c2ccccn2)no1. The highest BCUT2D eigenvalue weighted by Crippen LogP contribution is 2.13. The van der Waals surface area contributed by atoms with Gasteiger partial charge in [0.25, 0.3) is 0 Å². The van der Waals surface area contributed by atoms with E-state index >= 15 is 0 Å². The van der Waals surface area contributed by atoms with Crippen molar-refractivity contribution in [3.8, 4) is 0 Å². The van der Waals surface area contributed by atoms with Crippen molar-refractivity contribution in [1.29, 1.82) is 0 Å². The highest BCUT2D eigenvalue weighted by molar-refractivity contribution is 5.15. The van der Waals surface area contributed by atoms with Gasteiger partial charge in [-0.25, -0.2) is 0 Å². The summed E-state index contributed by atoms with van der Waals surface area (Å²) in [6.07, 6.45) is 2.40. The van der Waals surface area contributed by atoms with E-state index in [2.05, 4.69) is 15.1 Å². The van der Waals surface area contributed by atoms with Crippen LogP contribution in [-0.2, 0) is 6.42 Å². The van der Waals surface area contributed by atoms with Crippen LogP contribution >= 0.6 is 0 Å². The maximum absolute atomic E-state index is 5.94. The lowest BCUT2D eigenvalue weighted by Gasteiger charge is -2.04. The van der Waals surface area contributed by atoms with Crippen LogP contribution in [0.15, 0.2) is 28.9 Å². The molecule has 0 unspecified atom stereocenters. The summed E-state index contributed by atoms with van der Waals surface area (Å²) < 4.78 is 4.99. The second kappa shape index (κ2) is 4.18. The fraction of sp³-hybridized carbons (Fsp3) is 0.300. The van der Waals surface area contributed by atoms with E-state index in [0.29, 0.717) is 18.1 Å². The van der Waals surface area contributed by atoms with Crippen molar-refractivity contribution in [3.05, 3.63) is 41.8 Å². The van der Waals surface area contributed by atoms with Crippen LogP contribution in [0.1, 0.15) is 30.4 Å². The molecule has 0 spiro atoms. The summed E-state index contributed by atoms with van der Waals surface area (Å²) in [6, 6.07) is 5.13. The Labute approximate surface area is 87.3 Å². The van der Waals surface area contributed by atoms with Gasteiger partial charge in [-0.15, -0.1) is 0 Å². The molecule has 2 aromatic rings. The summed E-state index contributed by atoms with van der Waals surface area (Å²) in [6.45, 7) is 1.95. The summed E-state index contributed by atoms with van der Waals surface area (Å²) in [7, 11) is 0. The molecule has 0 aliphatic heterocycles. The number of aryl methyl sites for hydroxylation is 1. The highest BCUT2D eigenvalue weighted by Gasteiger charge is 2.16. The number of hydrogen-bond acceptors (Lipinski definition) is 5. The summed E-state index contributed by atoms with van der Waals surface area (Å²) in [5.74, 6) is 1.07. The molecular weight excluding hydrogens is 192 g/mol. The first kappa shape index (κ1) is 9.79. The third-order valence-electron chi connectivity index (χ3n) is 2.07. The van der Waals surface area contributed by atoms with Crippen LogP contribution in [0.2, 0.25) is 0 Å². The van der Waals surface area contributed by atoms with Gasteiger partial charge in [-0.2, -0.15) is 4.98 Å². The number of pyridine rings is 1. The van der Waals surface area contributed by atoms with Crippen LogP contribution in [0.25, 0.3) is 0 Å². The van der Waals surface area contributed by atoms with Gasteiger partial charge in [-0.05, 0) is 12.1 Å². The fourth-order valence-electron chi connectivity index (χ4n) is 1.23. The van der Waals surface area contributed by atoms with Crippen LogP contribution in [0.4, 0.5) is 0 Å². The normalized spacial score (nSPS) is 12.7. The molecule has 0 saturated heterocycles. The van der Waals surface area contributed by atoms with Crippen molar-refractivity contribution in [1.82, 2.24) is 15.1 Å². The van der Waals surface area contributed by atoms with E-state index < -0.39 is 6.04 Å². The number of aromatic nitrogens is 3. The molecule has 2 N–H and O–H groups in total. The van der Waals surface area contributed by atoms with E-state index in [0.717, 1.165) is 5.69 Å². The van der Waals surface area contributed by atoms with Gasteiger partial charge >= 0.3 is 0 Å². The number of rotatable bonds is 3. The molecule has 0 saturated carbocycles. The smallest absolute Gasteiger partial charge is 0.226 e. The molecule has 2 aromatic heterocycles. The van der Waals surface area contributed by atoms with Crippen LogP contribution in [-0.4, -0.2) is 15.1 Å². The van der Waals surface area contributed by atoms with Crippen molar-refractivity contribution in [2.24, 2.45) is 5.73 Å². The fourth-order valence-corrected chi connectivity index (χ4v) is 1.23. The lowest BCUT2D eigenvalue weighted by Crippen LogP contribution is -2.14. The zero-order valence-corrected chi connectivity index (χ0v) is 8.42. The summed E-state index contributed by atoms with van der Waals surface area (Å²) in [4.78, 5) is 8.31. The maximum Gasteiger partial charge on any atom is 0.226 e. The topological polar surface area (TPSA) is 77.8 Å². The molecule has 78 valence electrons. The zero-order chi connectivity index (χ0) is 10.7. The minimum atomic E-state index is -0.421. The van der Waals surface area contributed by atoms with Gasteiger partial charge in [0.15, 0.2) is 5.82 Å². The Bertz CT molecular complexity index is 426. The van der Waals surface area contributed by atoms with Crippen molar-refractivity contribution >= 4 is 0 Å². The minimum Gasteiger partial charge on any atom is -0.339 e. The van der Waals surface area contributed by atoms with Gasteiger partial charge in [0.05, 0.1) is 5.69 Å². The van der Waals surface area contributed by atoms with Gasteiger partial charge in [-0.3, -0.25) is 4.98 Å². The molecule has 0 radical (unpaired) electrons. The largest absolute Gasteiger partial charge is 0.339 e. The molecule has 5 heteroatoms. The van der Waals surface area contributed by atoms with Gasteiger partial charge < -0.3 is 10.3 Å². The summed E-state index contributed by atoms with van der Waals surface area (Å²) in [5.41, 5.74) is 6.67. The number of nitrogens with two attached hydrogens (primary N) is 1. The number of hydrogen-bond donors (Lipinski definition) is 1. The Morgan fingerprint density at radius 2 is 2.33 bits per heavy atom. The van der Waals surface area contributed by atoms with Crippen LogP contribution in [0.3, 0.4) is 0 Å². The second-order valence-electron chi connectivity index (χ2n) is 3.13. The average Bonchev–Trinajstić information content (AvgIpc) is 2.78. The third kappa shape index (κ3) is 2.02. The average molecular weight is 204 g/mol. The van der Waals surface area contributed by atoms with E-state index in [-0.39, 0.29) is 0 Å². The number of nitrogens with zero attached hydrogens (tertiary/aromatic N) is 3. The second-order valence-corrected chi connectivity index (χ2v) is 3.13. The molecule has 15 heavy (non-hydrogen) atoms. The summed E-state index contributed by atoms with van der Waals surface area (Å²) >= 11 is 0. The third-order valence-corrected chi connectivity index (χ3v) is 2.07. The zero-order valence-electron chi connectivity index (χ0n) is 8.42. The highest BCUT2D eigenvalue weighted by atomic mass is 16.5. The van der Waals surface area contributed by atoms with E-state index in [1.807, 2.05) is 25.1 Å². The van der Waals surface area contributed by atoms with Crippen LogP contribution < -0.4 is 5.73 Å². The Kier molecular flexibility index (Phi) is 2.73. The van der Waals surface area contributed by atoms with Crippen molar-refractivity contribution in [2.75, 3.05) is 0 Å². The molecule has 1 atom stereocenters. The monoisotopic (exact) mass is 204 g/mol. The van der Waals surface area contributed by atoms with Crippen molar-refractivity contribution in [3.63, 3.8) is 0 Å². The molecule has 0 fully saturated rings. The van der Waals surface area contributed by atoms with Crippen molar-refractivity contribution < 1.29 is 4.52 Å². The van der Waals surface area contributed by atoms with E-state index in [4.69, 9.17) is 10.3 Å². The molecule has 0 bridgehead atoms. The predicted octanol–water partition coefficient (Wildman–Crippen LogP) is 1.08. The first-order chi connectivity index (χ1) is 7.31. The van der Waals surface area contributed by atoms with Gasteiger partial charge in [-0.1, -0.05) is 18.1 Å². The molecular formula is C10H12N4O.